The molecule has 1 aliphatic heterocycles. The highest BCUT2D eigenvalue weighted by molar-refractivity contribution is 7.98. The molecule has 0 aliphatic carbocycles. The van der Waals surface area contributed by atoms with E-state index in [1.54, 1.807) is 0 Å². The van der Waals surface area contributed by atoms with E-state index in [-0.39, 0.29) is 5.56 Å². The van der Waals surface area contributed by atoms with E-state index in [1.807, 2.05) is 12.3 Å². The topological polar surface area (TPSA) is 64.8 Å². The molecule has 0 saturated heterocycles. The number of nitrogens with zero attached hydrogens (tertiary/aromatic N) is 2. The highest BCUT2D eigenvalue weighted by atomic mass is 32.2. The number of hydrogen-bond acceptors (Lipinski definition) is 4. The molecule has 0 spiro atoms. The summed E-state index contributed by atoms with van der Waals surface area (Å²) >= 11 is 1.48. The summed E-state index contributed by atoms with van der Waals surface area (Å²) in [7, 11) is 0. The molecular weight excluding hydrogens is 380 g/mol. The summed E-state index contributed by atoms with van der Waals surface area (Å²) in [6, 6.07) is 18.9. The Labute approximate surface area is 173 Å². The average molecular weight is 403 g/mol. The average Bonchev–Trinajstić information content (AvgIpc) is 3.13. The Morgan fingerprint density at radius 1 is 1.07 bits per heavy atom. The van der Waals surface area contributed by atoms with Crippen LogP contribution in [0.3, 0.4) is 0 Å². The number of benzene rings is 2. The highest BCUT2D eigenvalue weighted by Crippen LogP contribution is 2.32. The molecule has 29 heavy (non-hydrogen) atoms. The van der Waals surface area contributed by atoms with Gasteiger partial charge in [-0.05, 0) is 23.4 Å². The maximum absolute atomic E-state index is 12.6. The highest BCUT2D eigenvalue weighted by Gasteiger charge is 2.23. The van der Waals surface area contributed by atoms with E-state index >= 15 is 0 Å². The number of H-pyrrole nitrogens is 2. The van der Waals surface area contributed by atoms with Gasteiger partial charge in [-0.3, -0.25) is 9.69 Å². The van der Waals surface area contributed by atoms with E-state index in [4.69, 9.17) is 0 Å². The number of aromatic amines is 2. The molecule has 5 rings (SSSR count). The molecule has 0 fully saturated rings. The number of aromatic nitrogens is 3. The van der Waals surface area contributed by atoms with Gasteiger partial charge in [0.25, 0.3) is 5.56 Å². The van der Waals surface area contributed by atoms with E-state index in [2.05, 4.69) is 68.4 Å². The second kappa shape index (κ2) is 7.54. The van der Waals surface area contributed by atoms with Crippen molar-refractivity contribution in [1.29, 1.82) is 0 Å². The fourth-order valence-electron chi connectivity index (χ4n) is 4.13. The summed E-state index contributed by atoms with van der Waals surface area (Å²) < 4.78 is 0. The summed E-state index contributed by atoms with van der Waals surface area (Å²) in [5.74, 6) is 0. The molecule has 2 aromatic carbocycles. The molecule has 0 amide bonds. The minimum atomic E-state index is -0.00809. The maximum Gasteiger partial charge on any atom is 0.256 e. The van der Waals surface area contributed by atoms with Crippen LogP contribution in [-0.2, 0) is 19.5 Å². The van der Waals surface area contributed by atoms with Crippen molar-refractivity contribution in [3.05, 3.63) is 81.8 Å². The van der Waals surface area contributed by atoms with Gasteiger partial charge in [0.1, 0.15) is 0 Å². The summed E-state index contributed by atoms with van der Waals surface area (Å²) in [4.78, 5) is 26.0. The summed E-state index contributed by atoms with van der Waals surface area (Å²) in [5, 5.41) is 1.94. The lowest BCUT2D eigenvalue weighted by Gasteiger charge is -2.28. The first kappa shape index (κ1) is 18.2. The van der Waals surface area contributed by atoms with Crippen molar-refractivity contribution in [1.82, 2.24) is 19.9 Å². The third-order valence-corrected chi connectivity index (χ3v) is 6.16. The quantitative estimate of drug-likeness (QED) is 0.397. The first-order chi connectivity index (χ1) is 14.2. The Hall–Kier alpha value is -2.83. The first-order valence-corrected chi connectivity index (χ1v) is 11.0. The summed E-state index contributed by atoms with van der Waals surface area (Å²) in [5.41, 5.74) is 6.49. The van der Waals surface area contributed by atoms with Crippen molar-refractivity contribution in [3.63, 3.8) is 0 Å². The van der Waals surface area contributed by atoms with Crippen LogP contribution in [0.5, 0.6) is 0 Å². The lowest BCUT2D eigenvalue weighted by Crippen LogP contribution is -2.35. The van der Waals surface area contributed by atoms with Crippen molar-refractivity contribution < 1.29 is 0 Å². The Morgan fingerprint density at radius 2 is 1.86 bits per heavy atom. The van der Waals surface area contributed by atoms with Gasteiger partial charge in [-0.15, -0.1) is 0 Å². The number of nitrogens with one attached hydrogen (secondary N) is 2. The maximum atomic E-state index is 12.6. The second-order valence-corrected chi connectivity index (χ2v) is 8.15. The molecule has 6 heteroatoms. The molecule has 0 unspecified atom stereocenters. The van der Waals surface area contributed by atoms with Crippen LogP contribution in [0.4, 0.5) is 0 Å². The van der Waals surface area contributed by atoms with E-state index < -0.39 is 0 Å². The van der Waals surface area contributed by atoms with E-state index in [0.717, 1.165) is 42.0 Å². The van der Waals surface area contributed by atoms with Crippen molar-refractivity contribution in [3.8, 4) is 11.3 Å². The molecule has 2 aromatic heterocycles. The minimum Gasteiger partial charge on any atom is -0.354 e. The van der Waals surface area contributed by atoms with Crippen molar-refractivity contribution in [2.45, 2.75) is 24.7 Å². The lowest BCUT2D eigenvalue weighted by molar-refractivity contribution is 0.242. The Bertz CT molecular complexity index is 1230. The standard InChI is InChI=1S/C23H22N4OS/c1-29-23-25-20-11-12-27(14-18(20)22(28)26-23)13-17-16-9-5-6-10-19(16)24-21(17)15-7-3-2-4-8-15/h2-10,24H,11-14H2,1H3,(H,25,26,28). The fourth-order valence-corrected chi connectivity index (χ4v) is 4.53. The molecule has 3 heterocycles. The third kappa shape index (κ3) is 3.39. The van der Waals surface area contributed by atoms with Gasteiger partial charge in [-0.1, -0.05) is 60.3 Å². The van der Waals surface area contributed by atoms with Gasteiger partial charge in [0.2, 0.25) is 0 Å². The number of hydrogen-bond donors (Lipinski definition) is 2. The van der Waals surface area contributed by atoms with Gasteiger partial charge in [0.05, 0.1) is 17.0 Å². The van der Waals surface area contributed by atoms with Crippen LogP contribution in [0.15, 0.2) is 64.5 Å². The number of fused-ring (bicyclic) bond motifs is 2. The van der Waals surface area contributed by atoms with Crippen LogP contribution >= 0.6 is 11.8 Å². The normalized spacial score (nSPS) is 14.2. The van der Waals surface area contributed by atoms with Gasteiger partial charge >= 0.3 is 0 Å². The third-order valence-electron chi connectivity index (χ3n) is 5.58. The number of thioether (sulfide) groups is 1. The van der Waals surface area contributed by atoms with Crippen molar-refractivity contribution in [2.24, 2.45) is 0 Å². The smallest absolute Gasteiger partial charge is 0.256 e. The zero-order valence-electron chi connectivity index (χ0n) is 16.2. The second-order valence-electron chi connectivity index (χ2n) is 7.35. The molecule has 146 valence electrons. The molecule has 0 saturated carbocycles. The van der Waals surface area contributed by atoms with Crippen LogP contribution in [0.25, 0.3) is 22.2 Å². The zero-order chi connectivity index (χ0) is 19.8. The zero-order valence-corrected chi connectivity index (χ0v) is 17.1. The molecule has 1 aliphatic rings. The molecule has 4 aromatic rings. The SMILES string of the molecule is CSc1nc2c(c(=O)[nH]1)CN(Cc1c(-c3ccccc3)[nH]c3ccccc13)CC2. The monoisotopic (exact) mass is 402 g/mol. The molecule has 0 atom stereocenters. The largest absolute Gasteiger partial charge is 0.354 e. The predicted octanol–water partition coefficient (Wildman–Crippen LogP) is 4.20. The first-order valence-electron chi connectivity index (χ1n) is 9.76. The van der Waals surface area contributed by atoms with Gasteiger partial charge in [-0.25, -0.2) is 4.98 Å². The predicted molar refractivity (Wildman–Crippen MR) is 118 cm³/mol. The van der Waals surface area contributed by atoms with Gasteiger partial charge in [0, 0.05) is 37.0 Å². The fraction of sp³-hybridized carbons (Fsp3) is 0.217. The summed E-state index contributed by atoms with van der Waals surface area (Å²) in [6.07, 6.45) is 2.73. The van der Waals surface area contributed by atoms with E-state index in [1.165, 1.54) is 28.3 Å². The van der Waals surface area contributed by atoms with Gasteiger partial charge in [-0.2, -0.15) is 0 Å². The van der Waals surface area contributed by atoms with Crippen LogP contribution in [-0.4, -0.2) is 32.7 Å². The molecular formula is C23H22N4OS. The molecule has 0 radical (unpaired) electrons. The van der Waals surface area contributed by atoms with Crippen LogP contribution in [0, 0.1) is 0 Å². The summed E-state index contributed by atoms with van der Waals surface area (Å²) in [6.45, 7) is 2.31. The van der Waals surface area contributed by atoms with E-state index in [9.17, 15) is 4.79 Å². The molecule has 5 nitrogen and oxygen atoms in total. The Morgan fingerprint density at radius 3 is 2.69 bits per heavy atom. The molecule has 0 bridgehead atoms. The Balaban J connectivity index is 1.52. The minimum absolute atomic E-state index is 0.00809. The van der Waals surface area contributed by atoms with Crippen LogP contribution in [0.2, 0.25) is 0 Å². The molecule has 2 N–H and O–H groups in total. The van der Waals surface area contributed by atoms with Gasteiger partial charge in [0.15, 0.2) is 5.16 Å². The van der Waals surface area contributed by atoms with Crippen LogP contribution in [0.1, 0.15) is 16.8 Å². The van der Waals surface area contributed by atoms with Crippen molar-refractivity contribution in [2.75, 3.05) is 12.8 Å². The van der Waals surface area contributed by atoms with Gasteiger partial charge < -0.3 is 9.97 Å². The lowest BCUT2D eigenvalue weighted by atomic mass is 10.0. The van der Waals surface area contributed by atoms with Crippen molar-refractivity contribution >= 4 is 22.7 Å². The number of para-hydroxylation sites is 1. The van der Waals surface area contributed by atoms with E-state index in [0.29, 0.717) is 11.7 Å². The Kier molecular flexibility index (Phi) is 4.73. The number of rotatable bonds is 4. The van der Waals surface area contributed by atoms with Crippen LogP contribution < -0.4 is 5.56 Å².